The van der Waals surface area contributed by atoms with Gasteiger partial charge in [-0.1, -0.05) is 48.5 Å². The number of carbonyl (C=O) groups excluding carboxylic acids is 1. The lowest BCUT2D eigenvalue weighted by atomic mass is 9.96. The molecule has 1 atom stereocenters. The van der Waals surface area contributed by atoms with E-state index in [9.17, 15) is 4.79 Å². The molecule has 5 heteroatoms. The number of hydrogen-bond donors (Lipinski definition) is 2. The molecule has 1 aliphatic heterocycles. The van der Waals surface area contributed by atoms with Crippen molar-refractivity contribution in [3.8, 4) is 0 Å². The number of guanidine groups is 1. The van der Waals surface area contributed by atoms with E-state index in [1.165, 1.54) is 7.11 Å². The van der Waals surface area contributed by atoms with Gasteiger partial charge in [-0.25, -0.2) is 9.79 Å². The quantitative estimate of drug-likeness (QED) is 0.844. The number of fused-ring (bicyclic) bond motifs is 1. The zero-order chi connectivity index (χ0) is 14.7. The van der Waals surface area contributed by atoms with Crippen molar-refractivity contribution in [1.29, 1.82) is 0 Å². The Balaban J connectivity index is 2.00. The van der Waals surface area contributed by atoms with Crippen molar-refractivity contribution in [3.05, 3.63) is 65.7 Å². The molecule has 0 bridgehead atoms. The highest BCUT2D eigenvalue weighted by Crippen LogP contribution is 2.34. The number of nitrogens with one attached hydrogen (secondary N) is 2. The van der Waals surface area contributed by atoms with Crippen LogP contribution in [0.15, 0.2) is 59.6 Å². The number of ether oxygens (including phenoxy) is 1. The second kappa shape index (κ2) is 5.66. The Kier molecular flexibility index (Phi) is 3.55. The number of methoxy groups -OCH3 is 1. The lowest BCUT2D eigenvalue weighted by molar-refractivity contribution is 0.176. The minimum atomic E-state index is -0.549. The SMILES string of the molecule is COC(=O)NC1=N[C@@H](c2ccccc2)c2ccccc2N1. The third kappa shape index (κ3) is 2.72. The Morgan fingerprint density at radius 2 is 1.86 bits per heavy atom. The standard InChI is InChI=1S/C16H15N3O2/c1-21-16(20)19-15-17-13-10-6-5-9-12(13)14(18-15)11-7-3-2-4-8-11/h2-10,14H,1H3,(H2,17,18,19,20)/t14-/m0/s1. The van der Waals surface area contributed by atoms with E-state index in [0.717, 1.165) is 16.8 Å². The molecule has 2 aromatic carbocycles. The van der Waals surface area contributed by atoms with Gasteiger partial charge in [-0.15, -0.1) is 0 Å². The lowest BCUT2D eigenvalue weighted by Gasteiger charge is -2.25. The monoisotopic (exact) mass is 281 g/mol. The summed E-state index contributed by atoms with van der Waals surface area (Å²) in [6, 6.07) is 17.7. The van der Waals surface area contributed by atoms with E-state index in [2.05, 4.69) is 20.4 Å². The molecule has 0 saturated heterocycles. The van der Waals surface area contributed by atoms with Gasteiger partial charge in [0.05, 0.1) is 7.11 Å². The number of nitrogens with zero attached hydrogens (tertiary/aromatic N) is 1. The van der Waals surface area contributed by atoms with Crippen molar-refractivity contribution in [1.82, 2.24) is 5.32 Å². The number of para-hydroxylation sites is 1. The van der Waals surface area contributed by atoms with Crippen LogP contribution in [0.1, 0.15) is 17.2 Å². The van der Waals surface area contributed by atoms with Crippen LogP contribution in [-0.2, 0) is 4.74 Å². The molecule has 0 aromatic heterocycles. The number of hydrogen-bond acceptors (Lipinski definition) is 4. The van der Waals surface area contributed by atoms with Crippen molar-refractivity contribution in [2.24, 2.45) is 4.99 Å². The fourth-order valence-electron chi connectivity index (χ4n) is 2.31. The Bertz CT molecular complexity index is 683. The molecule has 0 unspecified atom stereocenters. The minimum absolute atomic E-state index is 0.157. The van der Waals surface area contributed by atoms with Crippen molar-refractivity contribution in [2.75, 3.05) is 12.4 Å². The van der Waals surface area contributed by atoms with Crippen molar-refractivity contribution >= 4 is 17.7 Å². The summed E-state index contributed by atoms with van der Waals surface area (Å²) in [5, 5.41) is 5.69. The molecule has 0 fully saturated rings. The van der Waals surface area contributed by atoms with Crippen LogP contribution in [0, 0.1) is 0 Å². The molecule has 2 N–H and O–H groups in total. The van der Waals surface area contributed by atoms with E-state index in [-0.39, 0.29) is 6.04 Å². The first-order valence-corrected chi connectivity index (χ1v) is 6.61. The summed E-state index contributed by atoms with van der Waals surface area (Å²) < 4.78 is 4.61. The van der Waals surface area contributed by atoms with E-state index < -0.39 is 6.09 Å². The molecule has 0 radical (unpaired) electrons. The first-order valence-electron chi connectivity index (χ1n) is 6.61. The van der Waals surface area contributed by atoms with E-state index >= 15 is 0 Å². The fourth-order valence-corrected chi connectivity index (χ4v) is 2.31. The number of benzene rings is 2. The number of aliphatic imine (C=N–C) groups is 1. The predicted octanol–water partition coefficient (Wildman–Crippen LogP) is 2.91. The van der Waals surface area contributed by atoms with Gasteiger partial charge < -0.3 is 10.1 Å². The highest BCUT2D eigenvalue weighted by molar-refractivity contribution is 6.04. The molecule has 2 aromatic rings. The molecule has 106 valence electrons. The van der Waals surface area contributed by atoms with E-state index in [4.69, 9.17) is 0 Å². The maximum Gasteiger partial charge on any atom is 0.413 e. The highest BCUT2D eigenvalue weighted by atomic mass is 16.5. The Labute approximate surface area is 122 Å². The maximum atomic E-state index is 11.4. The van der Waals surface area contributed by atoms with Gasteiger partial charge in [0.25, 0.3) is 0 Å². The minimum Gasteiger partial charge on any atom is -0.453 e. The van der Waals surface area contributed by atoms with Crippen molar-refractivity contribution in [2.45, 2.75) is 6.04 Å². The largest absolute Gasteiger partial charge is 0.453 e. The molecule has 21 heavy (non-hydrogen) atoms. The molecule has 3 rings (SSSR count). The molecular formula is C16H15N3O2. The van der Waals surface area contributed by atoms with Crippen LogP contribution in [0.3, 0.4) is 0 Å². The Morgan fingerprint density at radius 3 is 2.62 bits per heavy atom. The van der Waals surface area contributed by atoms with Gasteiger partial charge in [0.1, 0.15) is 6.04 Å². The second-order valence-electron chi connectivity index (χ2n) is 4.62. The van der Waals surface area contributed by atoms with Crippen LogP contribution >= 0.6 is 0 Å². The summed E-state index contributed by atoms with van der Waals surface area (Å²) in [7, 11) is 1.32. The summed E-state index contributed by atoms with van der Waals surface area (Å²) in [5.41, 5.74) is 3.06. The zero-order valence-corrected chi connectivity index (χ0v) is 11.5. The van der Waals surface area contributed by atoms with Crippen LogP contribution in [0.4, 0.5) is 10.5 Å². The topological polar surface area (TPSA) is 62.7 Å². The van der Waals surface area contributed by atoms with Gasteiger partial charge in [-0.3, -0.25) is 5.32 Å². The zero-order valence-electron chi connectivity index (χ0n) is 11.5. The second-order valence-corrected chi connectivity index (χ2v) is 4.62. The number of rotatable bonds is 1. The fraction of sp³-hybridized carbons (Fsp3) is 0.125. The summed E-state index contributed by atoms with van der Waals surface area (Å²) in [6.45, 7) is 0. The van der Waals surface area contributed by atoms with Crippen LogP contribution in [-0.4, -0.2) is 19.2 Å². The Hall–Kier alpha value is -2.82. The van der Waals surface area contributed by atoms with Gasteiger partial charge in [-0.2, -0.15) is 0 Å². The number of alkyl carbamates (subject to hydrolysis) is 1. The molecular weight excluding hydrogens is 266 g/mol. The molecule has 1 amide bonds. The van der Waals surface area contributed by atoms with Crippen LogP contribution in [0.25, 0.3) is 0 Å². The molecule has 0 aliphatic carbocycles. The van der Waals surface area contributed by atoms with Crippen molar-refractivity contribution < 1.29 is 9.53 Å². The average Bonchev–Trinajstić information content (AvgIpc) is 2.55. The summed E-state index contributed by atoms with van der Waals surface area (Å²) in [5.74, 6) is 0.384. The third-order valence-electron chi connectivity index (χ3n) is 3.29. The summed E-state index contributed by atoms with van der Waals surface area (Å²) in [4.78, 5) is 16.0. The maximum absolute atomic E-state index is 11.4. The number of amides is 1. The van der Waals surface area contributed by atoms with E-state index in [1.807, 2.05) is 54.6 Å². The molecule has 1 aliphatic rings. The van der Waals surface area contributed by atoms with E-state index in [0.29, 0.717) is 5.96 Å². The van der Waals surface area contributed by atoms with Gasteiger partial charge >= 0.3 is 6.09 Å². The molecule has 1 heterocycles. The highest BCUT2D eigenvalue weighted by Gasteiger charge is 2.23. The van der Waals surface area contributed by atoms with Crippen LogP contribution in [0.5, 0.6) is 0 Å². The van der Waals surface area contributed by atoms with Crippen LogP contribution in [0.2, 0.25) is 0 Å². The normalized spacial score (nSPS) is 16.2. The molecule has 0 saturated carbocycles. The summed E-state index contributed by atoms with van der Waals surface area (Å²) >= 11 is 0. The van der Waals surface area contributed by atoms with Gasteiger partial charge in [0, 0.05) is 11.3 Å². The van der Waals surface area contributed by atoms with Gasteiger partial charge in [-0.05, 0) is 11.6 Å². The average molecular weight is 281 g/mol. The lowest BCUT2D eigenvalue weighted by Crippen LogP contribution is -2.38. The smallest absolute Gasteiger partial charge is 0.413 e. The first kappa shape index (κ1) is 13.2. The predicted molar refractivity (Wildman–Crippen MR) is 81.3 cm³/mol. The van der Waals surface area contributed by atoms with Gasteiger partial charge in [0.15, 0.2) is 0 Å². The number of anilines is 1. The van der Waals surface area contributed by atoms with Gasteiger partial charge in [0.2, 0.25) is 5.96 Å². The molecule has 0 spiro atoms. The molecule has 5 nitrogen and oxygen atoms in total. The first-order chi connectivity index (χ1) is 10.3. The van der Waals surface area contributed by atoms with E-state index in [1.54, 1.807) is 0 Å². The number of carbonyl (C=O) groups is 1. The van der Waals surface area contributed by atoms with Crippen LogP contribution < -0.4 is 10.6 Å². The third-order valence-corrected chi connectivity index (χ3v) is 3.29. The van der Waals surface area contributed by atoms with Crippen molar-refractivity contribution in [3.63, 3.8) is 0 Å². The summed E-state index contributed by atoms with van der Waals surface area (Å²) in [6.07, 6.45) is -0.549. The Morgan fingerprint density at radius 1 is 1.14 bits per heavy atom.